The van der Waals surface area contributed by atoms with Crippen molar-refractivity contribution in [1.82, 2.24) is 14.9 Å². The summed E-state index contributed by atoms with van der Waals surface area (Å²) >= 11 is 0. The fraction of sp³-hybridized carbons (Fsp3) is 0.360. The van der Waals surface area contributed by atoms with E-state index in [4.69, 9.17) is 0 Å². The molecule has 154 valence electrons. The van der Waals surface area contributed by atoms with E-state index in [1.165, 1.54) is 16.7 Å². The average molecular weight is 401 g/mol. The SMILES string of the molecule is O[C@@H]1C[C@H]2CN(Cc3ccccc3-c3ccccc3)C[C@H]2C[C@H]1Nc1cnccn1. The summed E-state index contributed by atoms with van der Waals surface area (Å²) in [5, 5.41) is 14.1. The van der Waals surface area contributed by atoms with Gasteiger partial charge in [-0.3, -0.25) is 9.88 Å². The Labute approximate surface area is 177 Å². The molecule has 2 aromatic carbocycles. The quantitative estimate of drug-likeness (QED) is 0.682. The Bertz CT molecular complexity index is 965. The van der Waals surface area contributed by atoms with E-state index in [2.05, 4.69) is 74.8 Å². The highest BCUT2D eigenvalue weighted by Crippen LogP contribution is 2.38. The molecule has 1 aromatic heterocycles. The molecule has 3 aromatic rings. The number of likely N-dealkylation sites (tertiary alicyclic amines) is 1. The topological polar surface area (TPSA) is 61.3 Å². The van der Waals surface area contributed by atoms with E-state index in [0.29, 0.717) is 11.8 Å². The number of hydrogen-bond donors (Lipinski definition) is 2. The van der Waals surface area contributed by atoms with Crippen LogP contribution in [0.1, 0.15) is 18.4 Å². The van der Waals surface area contributed by atoms with E-state index in [9.17, 15) is 5.11 Å². The standard InChI is InChI=1S/C25H28N4O/c30-24-13-21-17-29(16-20(21)12-23(24)28-25-14-26-10-11-27-25)15-19-8-4-5-9-22(19)18-6-2-1-3-7-18/h1-11,14,20-21,23-24,30H,12-13,15-17H2,(H,27,28)/t20-,21+,23-,24-/m1/s1. The third-order valence-corrected chi connectivity index (χ3v) is 6.61. The zero-order valence-corrected chi connectivity index (χ0v) is 17.1. The number of anilines is 1. The molecule has 1 saturated carbocycles. The summed E-state index contributed by atoms with van der Waals surface area (Å²) in [5.41, 5.74) is 3.96. The summed E-state index contributed by atoms with van der Waals surface area (Å²) in [7, 11) is 0. The monoisotopic (exact) mass is 400 g/mol. The molecular weight excluding hydrogens is 372 g/mol. The lowest BCUT2D eigenvalue weighted by Crippen LogP contribution is -2.43. The lowest BCUT2D eigenvalue weighted by Gasteiger charge is -2.35. The second-order valence-corrected chi connectivity index (χ2v) is 8.62. The average Bonchev–Trinajstić information content (AvgIpc) is 3.16. The van der Waals surface area contributed by atoms with E-state index in [-0.39, 0.29) is 12.1 Å². The Morgan fingerprint density at radius 1 is 0.933 bits per heavy atom. The van der Waals surface area contributed by atoms with E-state index < -0.39 is 0 Å². The Balaban J connectivity index is 1.27. The van der Waals surface area contributed by atoms with Gasteiger partial charge in [0.05, 0.1) is 18.3 Å². The van der Waals surface area contributed by atoms with Crippen LogP contribution in [-0.2, 0) is 6.54 Å². The van der Waals surface area contributed by atoms with Gasteiger partial charge in [0.1, 0.15) is 5.82 Å². The number of rotatable bonds is 5. The van der Waals surface area contributed by atoms with Gasteiger partial charge in [-0.05, 0) is 41.4 Å². The maximum absolute atomic E-state index is 10.7. The summed E-state index contributed by atoms with van der Waals surface area (Å²) in [6, 6.07) is 19.4. The number of aliphatic hydroxyl groups is 1. The molecule has 5 heteroatoms. The molecule has 0 spiro atoms. The second-order valence-electron chi connectivity index (χ2n) is 8.62. The lowest BCUT2D eigenvalue weighted by molar-refractivity contribution is 0.0735. The van der Waals surface area contributed by atoms with Gasteiger partial charge in [-0.2, -0.15) is 0 Å². The van der Waals surface area contributed by atoms with Gasteiger partial charge in [-0.15, -0.1) is 0 Å². The van der Waals surface area contributed by atoms with Crippen LogP contribution in [0.15, 0.2) is 73.2 Å². The molecule has 2 aliphatic rings. The molecule has 2 heterocycles. The minimum Gasteiger partial charge on any atom is -0.391 e. The van der Waals surface area contributed by atoms with Crippen LogP contribution in [0.2, 0.25) is 0 Å². The number of aromatic nitrogens is 2. The van der Waals surface area contributed by atoms with Crippen LogP contribution in [0.5, 0.6) is 0 Å². The second kappa shape index (κ2) is 8.54. The first-order valence-electron chi connectivity index (χ1n) is 10.8. The Hall–Kier alpha value is -2.76. The van der Waals surface area contributed by atoms with Crippen molar-refractivity contribution in [2.75, 3.05) is 18.4 Å². The fourth-order valence-electron chi connectivity index (χ4n) is 5.17. The highest BCUT2D eigenvalue weighted by Gasteiger charge is 2.41. The predicted octanol–water partition coefficient (Wildman–Crippen LogP) is 3.83. The van der Waals surface area contributed by atoms with Gasteiger partial charge in [0.25, 0.3) is 0 Å². The summed E-state index contributed by atoms with van der Waals surface area (Å²) in [6.45, 7) is 3.10. The van der Waals surface area contributed by atoms with Crippen molar-refractivity contribution in [1.29, 1.82) is 0 Å². The van der Waals surface area contributed by atoms with E-state index in [1.807, 2.05) is 0 Å². The van der Waals surface area contributed by atoms with Crippen LogP contribution in [0.3, 0.4) is 0 Å². The molecular formula is C25H28N4O. The van der Waals surface area contributed by atoms with Crippen LogP contribution in [0, 0.1) is 11.8 Å². The summed E-state index contributed by atoms with van der Waals surface area (Å²) in [5.74, 6) is 1.90. The van der Waals surface area contributed by atoms with Crippen molar-refractivity contribution in [3.63, 3.8) is 0 Å². The first kappa shape index (κ1) is 19.2. The molecule has 5 nitrogen and oxygen atoms in total. The largest absolute Gasteiger partial charge is 0.391 e. The van der Waals surface area contributed by atoms with Gasteiger partial charge in [0.2, 0.25) is 0 Å². The lowest BCUT2D eigenvalue weighted by atomic mass is 9.77. The van der Waals surface area contributed by atoms with Crippen molar-refractivity contribution in [2.45, 2.75) is 31.5 Å². The molecule has 1 saturated heterocycles. The third kappa shape index (κ3) is 4.09. The first-order chi connectivity index (χ1) is 14.8. The van der Waals surface area contributed by atoms with Crippen LogP contribution >= 0.6 is 0 Å². The van der Waals surface area contributed by atoms with Gasteiger partial charge in [0, 0.05) is 32.0 Å². The molecule has 0 radical (unpaired) electrons. The van der Waals surface area contributed by atoms with Gasteiger partial charge in [-0.25, -0.2) is 4.98 Å². The van der Waals surface area contributed by atoms with Crippen LogP contribution < -0.4 is 5.32 Å². The third-order valence-electron chi connectivity index (χ3n) is 6.61. The minimum absolute atomic E-state index is 0.0412. The molecule has 0 bridgehead atoms. The van der Waals surface area contributed by atoms with Crippen molar-refractivity contribution >= 4 is 5.82 Å². The number of nitrogens with zero attached hydrogens (tertiary/aromatic N) is 3. The molecule has 4 atom stereocenters. The van der Waals surface area contributed by atoms with Crippen molar-refractivity contribution in [3.05, 3.63) is 78.8 Å². The number of benzene rings is 2. The van der Waals surface area contributed by atoms with Gasteiger partial charge in [0.15, 0.2) is 0 Å². The Morgan fingerprint density at radius 2 is 1.70 bits per heavy atom. The van der Waals surface area contributed by atoms with Crippen molar-refractivity contribution in [2.24, 2.45) is 11.8 Å². The highest BCUT2D eigenvalue weighted by molar-refractivity contribution is 5.67. The molecule has 0 amide bonds. The van der Waals surface area contributed by atoms with Gasteiger partial charge < -0.3 is 10.4 Å². The number of fused-ring (bicyclic) bond motifs is 1. The maximum Gasteiger partial charge on any atom is 0.144 e. The van der Waals surface area contributed by atoms with E-state index in [0.717, 1.165) is 38.3 Å². The number of aliphatic hydroxyl groups excluding tert-OH is 1. The Kier molecular flexibility index (Phi) is 5.47. The Morgan fingerprint density at radius 3 is 2.50 bits per heavy atom. The summed E-state index contributed by atoms with van der Waals surface area (Å²) < 4.78 is 0. The van der Waals surface area contributed by atoms with E-state index in [1.54, 1.807) is 18.6 Å². The maximum atomic E-state index is 10.7. The minimum atomic E-state index is -0.343. The van der Waals surface area contributed by atoms with Gasteiger partial charge in [-0.1, -0.05) is 54.6 Å². The molecule has 0 unspecified atom stereocenters. The highest BCUT2D eigenvalue weighted by atomic mass is 16.3. The smallest absolute Gasteiger partial charge is 0.144 e. The predicted molar refractivity (Wildman–Crippen MR) is 119 cm³/mol. The molecule has 1 aliphatic heterocycles. The van der Waals surface area contributed by atoms with Crippen molar-refractivity contribution < 1.29 is 5.11 Å². The molecule has 2 fully saturated rings. The van der Waals surface area contributed by atoms with Crippen molar-refractivity contribution in [3.8, 4) is 11.1 Å². The summed E-state index contributed by atoms with van der Waals surface area (Å²) in [4.78, 5) is 11.0. The molecule has 1 aliphatic carbocycles. The zero-order chi connectivity index (χ0) is 20.3. The first-order valence-corrected chi connectivity index (χ1v) is 10.8. The van der Waals surface area contributed by atoms with Crippen LogP contribution in [0.25, 0.3) is 11.1 Å². The molecule has 5 rings (SSSR count). The van der Waals surface area contributed by atoms with Crippen LogP contribution in [-0.4, -0.2) is 45.2 Å². The van der Waals surface area contributed by atoms with E-state index >= 15 is 0 Å². The van der Waals surface area contributed by atoms with Crippen LogP contribution in [0.4, 0.5) is 5.82 Å². The zero-order valence-electron chi connectivity index (χ0n) is 17.1. The molecule has 2 N–H and O–H groups in total. The fourth-order valence-corrected chi connectivity index (χ4v) is 5.17. The summed E-state index contributed by atoms with van der Waals surface area (Å²) in [6.07, 6.45) is 6.55. The normalized spacial score (nSPS) is 26.3. The number of hydrogen-bond acceptors (Lipinski definition) is 5. The molecule has 30 heavy (non-hydrogen) atoms. The van der Waals surface area contributed by atoms with Gasteiger partial charge >= 0.3 is 0 Å². The number of nitrogens with one attached hydrogen (secondary N) is 1.